The molecule has 0 bridgehead atoms. The maximum absolute atomic E-state index is 13.1. The number of nitrogens with one attached hydrogen (secondary N) is 1. The van der Waals surface area contributed by atoms with Gasteiger partial charge >= 0.3 is 6.18 Å². The summed E-state index contributed by atoms with van der Waals surface area (Å²) < 4.78 is 41.1. The number of aromatic nitrogens is 2. The summed E-state index contributed by atoms with van der Waals surface area (Å²) in [5.74, 6) is -0.171. The predicted octanol–water partition coefficient (Wildman–Crippen LogP) is 4.52. The molecule has 1 fully saturated rings. The molecule has 9 heteroatoms. The third kappa shape index (κ3) is 3.97. The molecule has 0 unspecified atom stereocenters. The highest BCUT2D eigenvalue weighted by molar-refractivity contribution is 7.71. The van der Waals surface area contributed by atoms with Gasteiger partial charge in [-0.1, -0.05) is 24.3 Å². The second-order valence-electron chi connectivity index (χ2n) is 6.98. The zero-order valence-corrected chi connectivity index (χ0v) is 16.7. The summed E-state index contributed by atoms with van der Waals surface area (Å²) in [7, 11) is 0. The average molecular weight is 432 g/mol. The Bertz CT molecular complexity index is 1100. The fourth-order valence-electron chi connectivity index (χ4n) is 3.57. The number of alkyl halides is 3. The first-order valence-corrected chi connectivity index (χ1v) is 9.83. The Morgan fingerprint density at radius 2 is 1.60 bits per heavy atom. The van der Waals surface area contributed by atoms with Crippen molar-refractivity contribution in [1.82, 2.24) is 14.5 Å². The third-order valence-electron chi connectivity index (χ3n) is 5.12. The molecule has 1 saturated heterocycles. The number of hydrogen-bond donors (Lipinski definition) is 1. The van der Waals surface area contributed by atoms with Crippen LogP contribution in [0.4, 0.5) is 18.9 Å². The molecular formula is C21H19F3N4OS. The number of piperazine rings is 1. The van der Waals surface area contributed by atoms with Gasteiger partial charge in [0.15, 0.2) is 4.77 Å². The molecule has 4 rings (SSSR count). The molecule has 1 N–H and O–H groups in total. The number of H-pyrrole nitrogens is 1. The molecule has 0 atom stereocenters. The van der Waals surface area contributed by atoms with Crippen molar-refractivity contribution in [3.05, 3.63) is 76.8 Å². The van der Waals surface area contributed by atoms with Crippen LogP contribution in [0.5, 0.6) is 0 Å². The molecule has 0 saturated carbocycles. The number of carbonyl (C=O) groups excluding carboxylic acids is 1. The Kier molecular flexibility index (Phi) is 5.38. The van der Waals surface area contributed by atoms with Crippen molar-refractivity contribution in [2.75, 3.05) is 31.1 Å². The summed E-state index contributed by atoms with van der Waals surface area (Å²) in [5.41, 5.74) is 1.05. The standard InChI is InChI=1S/C21H19F3N4OS/c22-21(23,24)15-5-4-8-17(13-15)26-9-11-27(12-10-26)19(29)18-14-25-20(30)28(18)16-6-2-1-3-7-16/h1-8,13-14H,9-12H2,(H,25,30). The molecule has 0 radical (unpaired) electrons. The largest absolute Gasteiger partial charge is 0.416 e. The van der Waals surface area contributed by atoms with Gasteiger partial charge < -0.3 is 14.8 Å². The highest BCUT2D eigenvalue weighted by Crippen LogP contribution is 2.32. The van der Waals surface area contributed by atoms with Crippen LogP contribution in [0.1, 0.15) is 16.1 Å². The maximum Gasteiger partial charge on any atom is 0.416 e. The number of imidazole rings is 1. The summed E-state index contributed by atoms with van der Waals surface area (Å²) in [6, 6.07) is 14.6. The quantitative estimate of drug-likeness (QED) is 0.619. The fourth-order valence-corrected chi connectivity index (χ4v) is 3.83. The SMILES string of the molecule is O=C(c1c[nH]c(=S)n1-c1ccccc1)N1CCN(c2cccc(C(F)(F)F)c2)CC1. The molecule has 30 heavy (non-hydrogen) atoms. The minimum Gasteiger partial charge on any atom is -0.368 e. The lowest BCUT2D eigenvalue weighted by Gasteiger charge is -2.36. The van der Waals surface area contributed by atoms with E-state index in [9.17, 15) is 18.0 Å². The molecule has 156 valence electrons. The molecule has 1 aromatic heterocycles. The van der Waals surface area contributed by atoms with Gasteiger partial charge in [0.05, 0.1) is 5.56 Å². The highest BCUT2D eigenvalue weighted by Gasteiger charge is 2.31. The Morgan fingerprint density at radius 1 is 0.933 bits per heavy atom. The summed E-state index contributed by atoms with van der Waals surface area (Å²) in [5, 5.41) is 0. The summed E-state index contributed by atoms with van der Waals surface area (Å²) >= 11 is 5.34. The van der Waals surface area contributed by atoms with E-state index in [-0.39, 0.29) is 5.91 Å². The highest BCUT2D eigenvalue weighted by atomic mass is 32.1. The average Bonchev–Trinajstić information content (AvgIpc) is 3.15. The molecule has 1 aliphatic rings. The van der Waals surface area contributed by atoms with Gasteiger partial charge in [0.1, 0.15) is 5.69 Å². The van der Waals surface area contributed by atoms with Crippen LogP contribution in [0.15, 0.2) is 60.8 Å². The molecule has 2 heterocycles. The van der Waals surface area contributed by atoms with Crippen LogP contribution in [-0.2, 0) is 6.18 Å². The van der Waals surface area contributed by atoms with E-state index in [2.05, 4.69) is 4.98 Å². The van der Waals surface area contributed by atoms with E-state index >= 15 is 0 Å². The molecule has 0 aliphatic carbocycles. The van der Waals surface area contributed by atoms with Crippen molar-refractivity contribution in [1.29, 1.82) is 0 Å². The summed E-state index contributed by atoms with van der Waals surface area (Å²) in [6.07, 6.45) is -2.79. The number of nitrogens with zero attached hydrogens (tertiary/aromatic N) is 3. The van der Waals surface area contributed by atoms with E-state index in [0.717, 1.165) is 17.8 Å². The van der Waals surface area contributed by atoms with Gasteiger partial charge in [-0.15, -0.1) is 0 Å². The van der Waals surface area contributed by atoms with E-state index in [1.165, 1.54) is 6.07 Å². The van der Waals surface area contributed by atoms with Gasteiger partial charge in [-0.2, -0.15) is 13.2 Å². The number of hydrogen-bond acceptors (Lipinski definition) is 3. The molecule has 2 aromatic carbocycles. The third-order valence-corrected chi connectivity index (χ3v) is 5.42. The predicted molar refractivity (Wildman–Crippen MR) is 111 cm³/mol. The second-order valence-corrected chi connectivity index (χ2v) is 7.36. The topological polar surface area (TPSA) is 44.3 Å². The first-order chi connectivity index (χ1) is 14.3. The fraction of sp³-hybridized carbons (Fsp3) is 0.238. The van der Waals surface area contributed by atoms with Crippen molar-refractivity contribution in [3.8, 4) is 5.69 Å². The Balaban J connectivity index is 1.50. The van der Waals surface area contributed by atoms with E-state index < -0.39 is 11.7 Å². The Hall–Kier alpha value is -3.07. The maximum atomic E-state index is 13.1. The van der Waals surface area contributed by atoms with Crippen LogP contribution in [-0.4, -0.2) is 46.5 Å². The molecule has 0 spiro atoms. The number of benzene rings is 2. The molecule has 5 nitrogen and oxygen atoms in total. The molecule has 1 aliphatic heterocycles. The minimum absolute atomic E-state index is 0.171. The lowest BCUT2D eigenvalue weighted by molar-refractivity contribution is -0.137. The van der Waals surface area contributed by atoms with E-state index in [1.54, 1.807) is 21.7 Å². The Labute approximate surface area is 176 Å². The number of aromatic amines is 1. The van der Waals surface area contributed by atoms with Crippen molar-refractivity contribution in [2.24, 2.45) is 0 Å². The van der Waals surface area contributed by atoms with Crippen LogP contribution >= 0.6 is 12.2 Å². The van der Waals surface area contributed by atoms with E-state index in [4.69, 9.17) is 12.2 Å². The number of para-hydroxylation sites is 1. The lowest BCUT2D eigenvalue weighted by atomic mass is 10.1. The van der Waals surface area contributed by atoms with Gasteiger partial charge in [0.2, 0.25) is 0 Å². The zero-order valence-electron chi connectivity index (χ0n) is 15.9. The molecule has 3 aromatic rings. The van der Waals surface area contributed by atoms with Crippen molar-refractivity contribution < 1.29 is 18.0 Å². The van der Waals surface area contributed by atoms with Crippen molar-refractivity contribution in [3.63, 3.8) is 0 Å². The molecular weight excluding hydrogens is 413 g/mol. The normalized spacial score (nSPS) is 14.8. The zero-order chi connectivity index (χ0) is 21.3. The van der Waals surface area contributed by atoms with Crippen molar-refractivity contribution in [2.45, 2.75) is 6.18 Å². The van der Waals surface area contributed by atoms with Crippen LogP contribution in [0.25, 0.3) is 5.69 Å². The number of anilines is 1. The first-order valence-electron chi connectivity index (χ1n) is 9.42. The van der Waals surface area contributed by atoms with Gasteiger partial charge in [0.25, 0.3) is 5.91 Å². The van der Waals surface area contributed by atoms with Crippen LogP contribution in [0, 0.1) is 4.77 Å². The smallest absolute Gasteiger partial charge is 0.368 e. The van der Waals surface area contributed by atoms with Gasteiger partial charge in [-0.3, -0.25) is 9.36 Å². The first kappa shape index (κ1) is 20.2. The monoisotopic (exact) mass is 432 g/mol. The molecule has 1 amide bonds. The van der Waals surface area contributed by atoms with Gasteiger partial charge in [0, 0.05) is 43.8 Å². The lowest BCUT2D eigenvalue weighted by Crippen LogP contribution is -2.49. The van der Waals surface area contributed by atoms with Crippen LogP contribution < -0.4 is 4.90 Å². The Morgan fingerprint density at radius 3 is 2.27 bits per heavy atom. The number of rotatable bonds is 3. The van der Waals surface area contributed by atoms with E-state index in [0.29, 0.717) is 42.3 Å². The summed E-state index contributed by atoms with van der Waals surface area (Å²) in [6.45, 7) is 1.71. The van der Waals surface area contributed by atoms with Gasteiger partial charge in [-0.25, -0.2) is 0 Å². The number of halogens is 3. The number of carbonyl (C=O) groups is 1. The van der Waals surface area contributed by atoms with Crippen LogP contribution in [0.2, 0.25) is 0 Å². The second kappa shape index (κ2) is 7.98. The van der Waals surface area contributed by atoms with Crippen molar-refractivity contribution >= 4 is 23.8 Å². The van der Waals surface area contributed by atoms with Crippen LogP contribution in [0.3, 0.4) is 0 Å². The number of amides is 1. The minimum atomic E-state index is -4.38. The summed E-state index contributed by atoms with van der Waals surface area (Å²) in [4.78, 5) is 19.6. The van der Waals surface area contributed by atoms with E-state index in [1.807, 2.05) is 35.2 Å². The van der Waals surface area contributed by atoms with Gasteiger partial charge in [-0.05, 0) is 42.5 Å².